The van der Waals surface area contributed by atoms with Gasteiger partial charge in [0.05, 0.1) is 0 Å². The predicted octanol–water partition coefficient (Wildman–Crippen LogP) is 2.73. The van der Waals surface area contributed by atoms with Crippen LogP contribution < -0.4 is 5.44 Å². The van der Waals surface area contributed by atoms with Gasteiger partial charge in [0, 0.05) is 18.5 Å². The Balaban J connectivity index is 3.25. The average molecular weight is 211 g/mol. The van der Waals surface area contributed by atoms with Crippen molar-refractivity contribution in [1.29, 1.82) is 0 Å². The lowest BCUT2D eigenvalue weighted by Gasteiger charge is -2.15. The van der Waals surface area contributed by atoms with E-state index in [-0.39, 0.29) is 0 Å². The molecule has 0 fully saturated rings. The SMILES string of the molecule is CCP(=O)(CC)c1ncc(C)cc1C. The first-order chi connectivity index (χ1) is 6.53. The van der Waals surface area contributed by atoms with E-state index in [0.717, 1.165) is 16.6 Å². The summed E-state index contributed by atoms with van der Waals surface area (Å²) < 4.78 is 12.4. The minimum absolute atomic E-state index is 0.709. The number of aromatic nitrogens is 1. The van der Waals surface area contributed by atoms with Crippen LogP contribution in [0.5, 0.6) is 0 Å². The summed E-state index contributed by atoms with van der Waals surface area (Å²) in [6.07, 6.45) is 3.22. The number of hydrogen-bond acceptors (Lipinski definition) is 2. The van der Waals surface area contributed by atoms with Gasteiger partial charge >= 0.3 is 0 Å². The van der Waals surface area contributed by atoms with Crippen LogP contribution in [0.15, 0.2) is 12.3 Å². The summed E-state index contributed by atoms with van der Waals surface area (Å²) in [7, 11) is -2.20. The van der Waals surface area contributed by atoms with Gasteiger partial charge in [0.2, 0.25) is 0 Å². The van der Waals surface area contributed by atoms with E-state index in [9.17, 15) is 4.57 Å². The zero-order valence-electron chi connectivity index (χ0n) is 9.37. The van der Waals surface area contributed by atoms with Crippen molar-refractivity contribution in [3.8, 4) is 0 Å². The Morgan fingerprint density at radius 2 is 1.86 bits per heavy atom. The molecule has 0 aromatic carbocycles. The summed E-state index contributed by atoms with van der Waals surface area (Å²) in [4.78, 5) is 4.33. The molecule has 1 rings (SSSR count). The van der Waals surface area contributed by atoms with Crippen LogP contribution in [0, 0.1) is 13.8 Å². The van der Waals surface area contributed by atoms with E-state index >= 15 is 0 Å². The number of nitrogens with zero attached hydrogens (tertiary/aromatic N) is 1. The highest BCUT2D eigenvalue weighted by molar-refractivity contribution is 7.71. The van der Waals surface area contributed by atoms with E-state index in [2.05, 4.69) is 11.1 Å². The molecule has 14 heavy (non-hydrogen) atoms. The Hall–Kier alpha value is -0.620. The second-order valence-electron chi connectivity index (χ2n) is 3.67. The zero-order valence-corrected chi connectivity index (χ0v) is 10.3. The number of pyridine rings is 1. The van der Waals surface area contributed by atoms with Crippen molar-refractivity contribution in [2.75, 3.05) is 12.3 Å². The van der Waals surface area contributed by atoms with Gasteiger partial charge in [0.1, 0.15) is 12.6 Å². The fraction of sp³-hybridized carbons (Fsp3) is 0.545. The predicted molar refractivity (Wildman–Crippen MR) is 62.0 cm³/mol. The van der Waals surface area contributed by atoms with Crippen molar-refractivity contribution in [3.05, 3.63) is 23.4 Å². The molecule has 0 N–H and O–H groups in total. The van der Waals surface area contributed by atoms with Gasteiger partial charge in [0.25, 0.3) is 0 Å². The maximum absolute atomic E-state index is 12.4. The highest BCUT2D eigenvalue weighted by atomic mass is 31.2. The van der Waals surface area contributed by atoms with Crippen LogP contribution in [0.4, 0.5) is 0 Å². The largest absolute Gasteiger partial charge is 0.317 e. The zero-order chi connectivity index (χ0) is 10.8. The Bertz CT molecular complexity index is 366. The third kappa shape index (κ3) is 2.06. The smallest absolute Gasteiger partial charge is 0.132 e. The molecule has 0 amide bonds. The van der Waals surface area contributed by atoms with Gasteiger partial charge in [-0.15, -0.1) is 0 Å². The molecule has 2 nitrogen and oxygen atoms in total. The second-order valence-corrected chi connectivity index (χ2v) is 7.14. The summed E-state index contributed by atoms with van der Waals surface area (Å²) in [6, 6.07) is 2.06. The summed E-state index contributed by atoms with van der Waals surface area (Å²) in [5.74, 6) is 0. The molecule has 0 atom stereocenters. The second kappa shape index (κ2) is 4.27. The van der Waals surface area contributed by atoms with E-state index < -0.39 is 7.14 Å². The van der Waals surface area contributed by atoms with Crippen LogP contribution in [-0.4, -0.2) is 17.3 Å². The Morgan fingerprint density at radius 1 is 1.29 bits per heavy atom. The Labute approximate surface area is 86.1 Å². The van der Waals surface area contributed by atoms with Crippen molar-refractivity contribution in [3.63, 3.8) is 0 Å². The molecule has 0 aliphatic carbocycles. The quantitative estimate of drug-likeness (QED) is 0.719. The topological polar surface area (TPSA) is 30.0 Å². The molecular weight excluding hydrogens is 193 g/mol. The number of rotatable bonds is 3. The first-order valence-corrected chi connectivity index (χ1v) is 7.13. The normalized spacial score (nSPS) is 11.7. The van der Waals surface area contributed by atoms with E-state index in [1.807, 2.05) is 27.7 Å². The lowest BCUT2D eigenvalue weighted by Crippen LogP contribution is -2.16. The first-order valence-electron chi connectivity index (χ1n) is 5.05. The van der Waals surface area contributed by atoms with Crippen LogP contribution in [0.2, 0.25) is 0 Å². The highest BCUT2D eigenvalue weighted by Gasteiger charge is 2.23. The van der Waals surface area contributed by atoms with Crippen molar-refractivity contribution in [2.45, 2.75) is 27.7 Å². The molecule has 0 saturated carbocycles. The Kier molecular flexibility index (Phi) is 3.49. The fourth-order valence-electron chi connectivity index (χ4n) is 1.66. The van der Waals surface area contributed by atoms with Gasteiger partial charge in [-0.3, -0.25) is 4.98 Å². The molecular formula is C11H18NOP. The fourth-order valence-corrected chi connectivity index (χ4v) is 3.68. The first kappa shape index (κ1) is 11.5. The van der Waals surface area contributed by atoms with Crippen LogP contribution in [0.1, 0.15) is 25.0 Å². The lowest BCUT2D eigenvalue weighted by molar-refractivity contribution is 0.581. The van der Waals surface area contributed by atoms with Gasteiger partial charge in [-0.25, -0.2) is 0 Å². The Morgan fingerprint density at radius 3 is 2.29 bits per heavy atom. The van der Waals surface area contributed by atoms with Crippen LogP contribution in [0.3, 0.4) is 0 Å². The summed E-state index contributed by atoms with van der Waals surface area (Å²) in [5, 5.41) is 0. The van der Waals surface area contributed by atoms with Gasteiger partial charge < -0.3 is 4.57 Å². The lowest BCUT2D eigenvalue weighted by atomic mass is 10.2. The third-order valence-electron chi connectivity index (χ3n) is 2.59. The molecule has 0 unspecified atom stereocenters. The van der Waals surface area contributed by atoms with Crippen molar-refractivity contribution in [1.82, 2.24) is 4.98 Å². The van der Waals surface area contributed by atoms with Crippen molar-refractivity contribution >= 4 is 12.6 Å². The molecule has 1 heterocycles. The molecule has 1 aromatic rings. The van der Waals surface area contributed by atoms with E-state index in [0.29, 0.717) is 12.3 Å². The third-order valence-corrected chi connectivity index (χ3v) is 5.88. The number of aryl methyl sites for hydroxylation is 2. The maximum atomic E-state index is 12.4. The molecule has 0 bridgehead atoms. The molecule has 0 aliphatic rings. The van der Waals surface area contributed by atoms with E-state index in [1.165, 1.54) is 0 Å². The number of hydrogen-bond donors (Lipinski definition) is 0. The molecule has 0 saturated heterocycles. The summed E-state index contributed by atoms with van der Waals surface area (Å²) >= 11 is 0. The molecule has 3 heteroatoms. The maximum Gasteiger partial charge on any atom is 0.132 e. The standard InChI is InChI=1S/C11H18NOP/c1-5-14(13,6-2)11-10(4)7-9(3)8-12-11/h7-8H,5-6H2,1-4H3. The minimum atomic E-state index is -2.20. The molecule has 1 aromatic heterocycles. The average Bonchev–Trinajstić information content (AvgIpc) is 2.17. The van der Waals surface area contributed by atoms with Crippen molar-refractivity contribution in [2.24, 2.45) is 0 Å². The van der Waals surface area contributed by atoms with E-state index in [1.54, 1.807) is 6.20 Å². The minimum Gasteiger partial charge on any atom is -0.317 e. The van der Waals surface area contributed by atoms with E-state index in [4.69, 9.17) is 0 Å². The summed E-state index contributed by atoms with van der Waals surface area (Å²) in [5.41, 5.74) is 3.02. The molecule has 0 radical (unpaired) electrons. The van der Waals surface area contributed by atoms with Gasteiger partial charge in [0.15, 0.2) is 0 Å². The highest BCUT2D eigenvalue weighted by Crippen LogP contribution is 2.43. The van der Waals surface area contributed by atoms with Gasteiger partial charge in [-0.05, 0) is 25.0 Å². The van der Waals surface area contributed by atoms with Gasteiger partial charge in [-0.1, -0.05) is 19.9 Å². The van der Waals surface area contributed by atoms with Crippen LogP contribution >= 0.6 is 7.14 Å². The molecule has 0 aliphatic heterocycles. The summed E-state index contributed by atoms with van der Waals surface area (Å²) in [6.45, 7) is 7.95. The van der Waals surface area contributed by atoms with Crippen LogP contribution in [0.25, 0.3) is 0 Å². The van der Waals surface area contributed by atoms with Crippen LogP contribution in [-0.2, 0) is 4.57 Å². The van der Waals surface area contributed by atoms with Crippen molar-refractivity contribution < 1.29 is 4.57 Å². The molecule has 0 spiro atoms. The van der Waals surface area contributed by atoms with Gasteiger partial charge in [-0.2, -0.15) is 0 Å². The molecule has 78 valence electrons. The monoisotopic (exact) mass is 211 g/mol.